The van der Waals surface area contributed by atoms with Crippen molar-refractivity contribution in [3.05, 3.63) is 82.2 Å². The van der Waals surface area contributed by atoms with Crippen molar-refractivity contribution < 1.29 is 17.6 Å². The molecule has 0 atom stereocenters. The summed E-state index contributed by atoms with van der Waals surface area (Å²) in [6.07, 6.45) is 3.12. The van der Waals surface area contributed by atoms with E-state index in [1.54, 1.807) is 37.3 Å². The molecule has 0 bridgehead atoms. The maximum atomic E-state index is 12.3. The van der Waals surface area contributed by atoms with E-state index in [1.807, 2.05) is 30.3 Å². The predicted molar refractivity (Wildman–Crippen MR) is 119 cm³/mol. The van der Waals surface area contributed by atoms with E-state index in [1.165, 1.54) is 18.3 Å². The average molecular weight is 495 g/mol. The van der Waals surface area contributed by atoms with Crippen molar-refractivity contribution in [2.45, 2.75) is 16.4 Å². The number of rotatable bonds is 9. The van der Waals surface area contributed by atoms with E-state index in [0.29, 0.717) is 0 Å². The molecule has 9 heteroatoms. The molecule has 29 heavy (non-hydrogen) atoms. The summed E-state index contributed by atoms with van der Waals surface area (Å²) >= 11 is 4.98. The van der Waals surface area contributed by atoms with E-state index in [2.05, 4.69) is 25.9 Å². The summed E-state index contributed by atoms with van der Waals surface area (Å²) in [6.45, 7) is 0. The molecule has 6 nitrogen and oxygen atoms in total. The van der Waals surface area contributed by atoms with Crippen LogP contribution in [0.1, 0.15) is 16.9 Å². The van der Waals surface area contributed by atoms with E-state index < -0.39 is 10.0 Å². The molecule has 152 valence electrons. The molecule has 0 amide bonds. The van der Waals surface area contributed by atoms with Crippen LogP contribution >= 0.6 is 27.7 Å². The quantitative estimate of drug-likeness (QED) is 0.341. The van der Waals surface area contributed by atoms with E-state index in [-0.39, 0.29) is 4.90 Å². The fourth-order valence-electron chi connectivity index (χ4n) is 2.48. The number of benzene rings is 2. The van der Waals surface area contributed by atoms with Crippen LogP contribution in [0.15, 0.2) is 79.7 Å². The second-order valence-corrected chi connectivity index (χ2v) is 9.51. The first kappa shape index (κ1) is 21.5. The number of hydrogen-bond acceptors (Lipinski definition) is 6. The molecule has 0 saturated carbocycles. The van der Waals surface area contributed by atoms with Crippen molar-refractivity contribution in [2.75, 3.05) is 7.11 Å². The van der Waals surface area contributed by atoms with Gasteiger partial charge < -0.3 is 9.15 Å². The normalized spacial score (nSPS) is 11.7. The Bertz CT molecular complexity index is 1070. The number of hydrazone groups is 1. The number of hydrogen-bond donors (Lipinski definition) is 1. The van der Waals surface area contributed by atoms with Crippen LogP contribution < -0.4 is 9.57 Å². The van der Waals surface area contributed by atoms with Crippen LogP contribution in [0.5, 0.6) is 5.75 Å². The summed E-state index contributed by atoms with van der Waals surface area (Å²) in [4.78, 5) is 2.37. The summed E-state index contributed by atoms with van der Waals surface area (Å²) in [5.74, 6) is 3.15. The zero-order valence-electron chi connectivity index (χ0n) is 15.5. The molecule has 0 aliphatic rings. The highest BCUT2D eigenvalue weighted by Crippen LogP contribution is 2.26. The Morgan fingerprint density at radius 2 is 1.97 bits per heavy atom. The average Bonchev–Trinajstić information content (AvgIpc) is 3.22. The van der Waals surface area contributed by atoms with E-state index in [4.69, 9.17) is 9.15 Å². The van der Waals surface area contributed by atoms with Gasteiger partial charge in [0, 0.05) is 15.8 Å². The van der Waals surface area contributed by atoms with Gasteiger partial charge in [-0.1, -0.05) is 15.9 Å². The number of furan rings is 1. The standard InChI is InChI=1S/C20H19BrN2O4S2/c1-26-20-9-4-15(11-16(20)13-28-14-18-3-2-10-27-18)12-22-23-29(24,25)19-7-5-17(21)6-8-19/h2-12,23H,13-14H2,1H3/b22-12+. The van der Waals surface area contributed by atoms with Crippen LogP contribution in [0.3, 0.4) is 0 Å². The van der Waals surface area contributed by atoms with Crippen molar-refractivity contribution in [1.82, 2.24) is 4.83 Å². The number of thioether (sulfide) groups is 1. The molecule has 1 N–H and O–H groups in total. The monoisotopic (exact) mass is 494 g/mol. The third-order valence-electron chi connectivity index (χ3n) is 3.90. The summed E-state index contributed by atoms with van der Waals surface area (Å²) in [5, 5.41) is 3.89. The number of nitrogens with zero attached hydrogens (tertiary/aromatic N) is 1. The minimum atomic E-state index is -3.72. The Hall–Kier alpha value is -2.23. The van der Waals surface area contributed by atoms with Crippen LogP contribution in [-0.4, -0.2) is 21.7 Å². The number of sulfonamides is 1. The van der Waals surface area contributed by atoms with Gasteiger partial charge in [0.2, 0.25) is 0 Å². The van der Waals surface area contributed by atoms with Gasteiger partial charge in [-0.15, -0.1) is 11.8 Å². The molecular weight excluding hydrogens is 476 g/mol. The smallest absolute Gasteiger partial charge is 0.276 e. The molecule has 0 unspecified atom stereocenters. The molecule has 3 rings (SSSR count). The van der Waals surface area contributed by atoms with E-state index in [0.717, 1.165) is 38.6 Å². The molecule has 1 aromatic heterocycles. The molecule has 0 aliphatic carbocycles. The second kappa shape index (κ2) is 10.00. The van der Waals surface area contributed by atoms with Gasteiger partial charge in [-0.05, 0) is 60.2 Å². The Labute approximate surface area is 182 Å². The van der Waals surface area contributed by atoms with Gasteiger partial charge in [-0.3, -0.25) is 0 Å². The first-order valence-corrected chi connectivity index (χ1v) is 12.0. The summed E-state index contributed by atoms with van der Waals surface area (Å²) in [6, 6.07) is 15.7. The van der Waals surface area contributed by atoms with Gasteiger partial charge in [-0.2, -0.15) is 13.5 Å². The maximum Gasteiger partial charge on any atom is 0.276 e. The van der Waals surface area contributed by atoms with Gasteiger partial charge >= 0.3 is 0 Å². The Morgan fingerprint density at radius 1 is 1.17 bits per heavy atom. The fourth-order valence-corrected chi connectivity index (χ4v) is 4.45. The van der Waals surface area contributed by atoms with Crippen LogP contribution in [0.4, 0.5) is 0 Å². The van der Waals surface area contributed by atoms with Crippen molar-refractivity contribution in [3.63, 3.8) is 0 Å². The van der Waals surface area contributed by atoms with E-state index >= 15 is 0 Å². The lowest BCUT2D eigenvalue weighted by Crippen LogP contribution is -2.18. The summed E-state index contributed by atoms with van der Waals surface area (Å²) in [7, 11) is -2.10. The zero-order valence-corrected chi connectivity index (χ0v) is 18.8. The molecule has 3 aromatic rings. The Kier molecular flexibility index (Phi) is 7.40. The lowest BCUT2D eigenvalue weighted by molar-refractivity contribution is 0.411. The molecule has 1 heterocycles. The first-order chi connectivity index (χ1) is 14.0. The van der Waals surface area contributed by atoms with Crippen molar-refractivity contribution in [2.24, 2.45) is 5.10 Å². The summed E-state index contributed by atoms with van der Waals surface area (Å²) in [5.41, 5.74) is 1.75. The van der Waals surface area contributed by atoms with Crippen LogP contribution in [0, 0.1) is 0 Å². The van der Waals surface area contributed by atoms with Gasteiger partial charge in [0.1, 0.15) is 11.5 Å². The zero-order chi connectivity index (χ0) is 20.7. The first-order valence-electron chi connectivity index (χ1n) is 8.55. The lowest BCUT2D eigenvalue weighted by Gasteiger charge is -2.09. The van der Waals surface area contributed by atoms with Crippen molar-refractivity contribution in [3.8, 4) is 5.75 Å². The second-order valence-electron chi connectivity index (χ2n) is 5.95. The number of methoxy groups -OCH3 is 1. The number of ether oxygens (including phenoxy) is 1. The molecule has 0 spiro atoms. The molecule has 2 aromatic carbocycles. The largest absolute Gasteiger partial charge is 0.496 e. The van der Waals surface area contributed by atoms with Gasteiger partial charge in [0.15, 0.2) is 0 Å². The van der Waals surface area contributed by atoms with Gasteiger partial charge in [0.25, 0.3) is 10.0 Å². The van der Waals surface area contributed by atoms with Crippen LogP contribution in [0.25, 0.3) is 0 Å². The van der Waals surface area contributed by atoms with Crippen LogP contribution in [0.2, 0.25) is 0 Å². The predicted octanol–water partition coefficient (Wildman–Crippen LogP) is 4.80. The highest BCUT2D eigenvalue weighted by molar-refractivity contribution is 9.10. The number of nitrogens with one attached hydrogen (secondary N) is 1. The lowest BCUT2D eigenvalue weighted by atomic mass is 10.1. The van der Waals surface area contributed by atoms with Gasteiger partial charge in [0.05, 0.1) is 30.2 Å². The van der Waals surface area contributed by atoms with E-state index in [9.17, 15) is 8.42 Å². The highest BCUT2D eigenvalue weighted by Gasteiger charge is 2.12. The fraction of sp³-hybridized carbons (Fsp3) is 0.150. The molecule has 0 radical (unpaired) electrons. The minimum absolute atomic E-state index is 0.141. The van der Waals surface area contributed by atoms with Crippen LogP contribution in [-0.2, 0) is 21.5 Å². The third-order valence-corrected chi connectivity index (χ3v) is 6.67. The van der Waals surface area contributed by atoms with Crippen molar-refractivity contribution in [1.29, 1.82) is 0 Å². The maximum absolute atomic E-state index is 12.3. The Balaban J connectivity index is 1.66. The Morgan fingerprint density at radius 3 is 2.66 bits per heavy atom. The minimum Gasteiger partial charge on any atom is -0.496 e. The molecule has 0 fully saturated rings. The van der Waals surface area contributed by atoms with Crippen molar-refractivity contribution >= 4 is 43.9 Å². The highest BCUT2D eigenvalue weighted by atomic mass is 79.9. The SMILES string of the molecule is COc1ccc(/C=N/NS(=O)(=O)c2ccc(Br)cc2)cc1CSCc1ccco1. The molecular formula is C20H19BrN2O4S2. The molecule has 0 aliphatic heterocycles. The van der Waals surface area contributed by atoms with Gasteiger partial charge in [-0.25, -0.2) is 4.83 Å². The molecule has 0 saturated heterocycles. The summed E-state index contributed by atoms with van der Waals surface area (Å²) < 4.78 is 36.1. The third kappa shape index (κ3) is 6.12. The topological polar surface area (TPSA) is 80.9 Å². The number of halogens is 1.